The number of thiophene rings is 1. The lowest BCUT2D eigenvalue weighted by molar-refractivity contribution is 0.101. The van der Waals surface area contributed by atoms with E-state index in [-0.39, 0.29) is 11.5 Å². The molecule has 0 fully saturated rings. The molecule has 0 atom stereocenters. The average Bonchev–Trinajstić information content (AvgIpc) is 3.16. The second kappa shape index (κ2) is 5.64. The summed E-state index contributed by atoms with van der Waals surface area (Å²) in [7, 11) is 1.85. The summed E-state index contributed by atoms with van der Waals surface area (Å²) in [4.78, 5) is 12.9. The molecule has 5 nitrogen and oxygen atoms in total. The molecule has 0 aliphatic heterocycles. The fraction of sp³-hybridized carbons (Fsp3) is 0.154. The maximum Gasteiger partial charge on any atom is 0.277 e. The van der Waals surface area contributed by atoms with Crippen molar-refractivity contribution in [3.05, 3.63) is 41.5 Å². The van der Waals surface area contributed by atoms with Gasteiger partial charge in [-0.05, 0) is 23.6 Å². The quantitative estimate of drug-likeness (QED) is 0.535. The van der Waals surface area contributed by atoms with Gasteiger partial charge in [-0.25, -0.2) is 0 Å². The van der Waals surface area contributed by atoms with Gasteiger partial charge in [0.15, 0.2) is 5.78 Å². The van der Waals surface area contributed by atoms with Crippen molar-refractivity contribution < 1.29 is 9.21 Å². The summed E-state index contributed by atoms with van der Waals surface area (Å²) in [5, 5.41) is 10.3. The van der Waals surface area contributed by atoms with Gasteiger partial charge in [-0.2, -0.15) is 0 Å². The Morgan fingerprint density at radius 3 is 3.00 bits per heavy atom. The van der Waals surface area contributed by atoms with E-state index in [1.165, 1.54) is 23.1 Å². The standard InChI is InChI=1S/C13H11N3O2S2/c1-16-6-2-4-9(16)10(17)8-20-13-15-14-12(18-13)11-5-3-7-19-11/h2-7H,8H2,1H3. The smallest absolute Gasteiger partial charge is 0.277 e. The minimum Gasteiger partial charge on any atom is -0.410 e. The van der Waals surface area contributed by atoms with E-state index in [0.29, 0.717) is 16.8 Å². The molecule has 0 bridgehead atoms. The second-order valence-electron chi connectivity index (χ2n) is 4.07. The van der Waals surface area contributed by atoms with Crippen LogP contribution in [0, 0.1) is 0 Å². The molecule has 0 unspecified atom stereocenters. The number of Topliss-reactive ketones (excluding diaryl/α,β-unsaturated/α-hetero) is 1. The lowest BCUT2D eigenvalue weighted by Gasteiger charge is -2.00. The zero-order chi connectivity index (χ0) is 13.9. The molecule has 0 radical (unpaired) electrons. The summed E-state index contributed by atoms with van der Waals surface area (Å²) in [5.41, 5.74) is 0.676. The van der Waals surface area contributed by atoms with E-state index >= 15 is 0 Å². The molecule has 0 amide bonds. The Labute approximate surface area is 123 Å². The molecule has 0 saturated heterocycles. The van der Waals surface area contributed by atoms with Crippen LogP contribution in [0.15, 0.2) is 45.5 Å². The van der Waals surface area contributed by atoms with Gasteiger partial charge in [0, 0.05) is 13.2 Å². The van der Waals surface area contributed by atoms with Gasteiger partial charge < -0.3 is 8.98 Å². The molecule has 20 heavy (non-hydrogen) atoms. The largest absolute Gasteiger partial charge is 0.410 e. The Balaban J connectivity index is 1.65. The first-order valence-corrected chi connectivity index (χ1v) is 7.75. The van der Waals surface area contributed by atoms with Crippen molar-refractivity contribution in [1.29, 1.82) is 0 Å². The summed E-state index contributed by atoms with van der Waals surface area (Å²) in [5.74, 6) is 0.816. The maximum absolute atomic E-state index is 12.0. The van der Waals surface area contributed by atoms with E-state index < -0.39 is 0 Å². The molecule has 3 heterocycles. The number of aryl methyl sites for hydroxylation is 1. The third-order valence-corrected chi connectivity index (χ3v) is 4.37. The number of ketones is 1. The van der Waals surface area contributed by atoms with E-state index in [2.05, 4.69) is 10.2 Å². The molecule has 0 aliphatic rings. The molecular weight excluding hydrogens is 294 g/mol. The van der Waals surface area contributed by atoms with Crippen LogP contribution in [-0.4, -0.2) is 26.3 Å². The fourth-order valence-electron chi connectivity index (χ4n) is 1.72. The van der Waals surface area contributed by atoms with Crippen molar-refractivity contribution in [2.24, 2.45) is 7.05 Å². The zero-order valence-electron chi connectivity index (χ0n) is 10.6. The maximum atomic E-state index is 12.0. The van der Waals surface area contributed by atoms with Crippen LogP contribution in [-0.2, 0) is 7.05 Å². The van der Waals surface area contributed by atoms with E-state index in [1.807, 2.05) is 36.8 Å². The normalized spacial score (nSPS) is 10.8. The highest BCUT2D eigenvalue weighted by molar-refractivity contribution is 7.99. The number of hydrogen-bond acceptors (Lipinski definition) is 6. The molecule has 102 valence electrons. The highest BCUT2D eigenvalue weighted by atomic mass is 32.2. The van der Waals surface area contributed by atoms with Crippen LogP contribution in [0.1, 0.15) is 10.5 Å². The zero-order valence-corrected chi connectivity index (χ0v) is 12.3. The Hall–Kier alpha value is -1.86. The molecule has 7 heteroatoms. The summed E-state index contributed by atoms with van der Waals surface area (Å²) in [6.45, 7) is 0. The Morgan fingerprint density at radius 2 is 2.30 bits per heavy atom. The Morgan fingerprint density at radius 1 is 1.40 bits per heavy atom. The van der Waals surface area contributed by atoms with Gasteiger partial charge in [-0.1, -0.05) is 17.8 Å². The molecule has 0 spiro atoms. The van der Waals surface area contributed by atoms with Crippen LogP contribution < -0.4 is 0 Å². The summed E-state index contributed by atoms with van der Waals surface area (Å²) < 4.78 is 7.32. The predicted molar refractivity (Wildman–Crippen MR) is 78.1 cm³/mol. The van der Waals surface area contributed by atoms with Crippen LogP contribution in [0.5, 0.6) is 0 Å². The molecule has 3 rings (SSSR count). The van der Waals surface area contributed by atoms with Gasteiger partial charge in [0.05, 0.1) is 16.3 Å². The number of aromatic nitrogens is 3. The van der Waals surface area contributed by atoms with Crippen molar-refractivity contribution in [2.75, 3.05) is 5.75 Å². The van der Waals surface area contributed by atoms with Gasteiger partial charge in [-0.15, -0.1) is 21.5 Å². The predicted octanol–water partition coefficient (Wildman–Crippen LogP) is 3.11. The first-order chi connectivity index (χ1) is 9.74. The van der Waals surface area contributed by atoms with Crippen molar-refractivity contribution >= 4 is 28.9 Å². The summed E-state index contributed by atoms with van der Waals surface area (Å²) >= 11 is 2.79. The molecule has 0 aromatic carbocycles. The first-order valence-electron chi connectivity index (χ1n) is 5.89. The summed E-state index contributed by atoms with van der Waals surface area (Å²) in [6.07, 6.45) is 1.85. The van der Waals surface area contributed by atoms with E-state index in [0.717, 1.165) is 4.88 Å². The minimum absolute atomic E-state index is 0.0402. The van der Waals surface area contributed by atoms with Crippen molar-refractivity contribution in [2.45, 2.75) is 5.22 Å². The van der Waals surface area contributed by atoms with Crippen LogP contribution in [0.2, 0.25) is 0 Å². The lowest BCUT2D eigenvalue weighted by Crippen LogP contribution is -2.07. The molecule has 3 aromatic heterocycles. The third kappa shape index (κ3) is 2.68. The summed E-state index contributed by atoms with van der Waals surface area (Å²) in [6, 6.07) is 7.49. The molecule has 0 N–H and O–H groups in total. The van der Waals surface area contributed by atoms with Crippen molar-refractivity contribution in [3.63, 3.8) is 0 Å². The van der Waals surface area contributed by atoms with Gasteiger partial charge in [0.2, 0.25) is 0 Å². The van der Waals surface area contributed by atoms with Crippen molar-refractivity contribution in [1.82, 2.24) is 14.8 Å². The van der Waals surface area contributed by atoms with E-state index in [1.54, 1.807) is 10.6 Å². The van der Waals surface area contributed by atoms with Crippen LogP contribution in [0.3, 0.4) is 0 Å². The van der Waals surface area contributed by atoms with Crippen LogP contribution in [0.4, 0.5) is 0 Å². The minimum atomic E-state index is 0.0402. The number of hydrogen-bond donors (Lipinski definition) is 0. The Kier molecular flexibility index (Phi) is 3.70. The Bertz CT molecular complexity index is 716. The monoisotopic (exact) mass is 305 g/mol. The lowest BCUT2D eigenvalue weighted by atomic mass is 10.3. The van der Waals surface area contributed by atoms with E-state index in [9.17, 15) is 4.79 Å². The molecular formula is C13H11N3O2S2. The number of thioether (sulfide) groups is 1. The number of carbonyl (C=O) groups excluding carboxylic acids is 1. The fourth-order valence-corrected chi connectivity index (χ4v) is 3.00. The third-order valence-electron chi connectivity index (χ3n) is 2.69. The molecule has 0 saturated carbocycles. The molecule has 3 aromatic rings. The second-order valence-corrected chi connectivity index (χ2v) is 5.94. The number of rotatable bonds is 5. The van der Waals surface area contributed by atoms with Gasteiger partial charge >= 0.3 is 0 Å². The first kappa shape index (κ1) is 13.1. The highest BCUT2D eigenvalue weighted by Gasteiger charge is 2.14. The SMILES string of the molecule is Cn1cccc1C(=O)CSc1nnc(-c2cccs2)o1. The van der Waals surface area contributed by atoms with Gasteiger partial charge in [0.25, 0.3) is 11.1 Å². The van der Waals surface area contributed by atoms with Crippen molar-refractivity contribution in [3.8, 4) is 10.8 Å². The van der Waals surface area contributed by atoms with E-state index in [4.69, 9.17) is 4.42 Å². The van der Waals surface area contributed by atoms with Gasteiger partial charge in [0.1, 0.15) is 0 Å². The van der Waals surface area contributed by atoms with Gasteiger partial charge in [-0.3, -0.25) is 4.79 Å². The highest BCUT2D eigenvalue weighted by Crippen LogP contribution is 2.26. The topological polar surface area (TPSA) is 60.9 Å². The van der Waals surface area contributed by atoms with Crippen LogP contribution in [0.25, 0.3) is 10.8 Å². The average molecular weight is 305 g/mol. The number of carbonyl (C=O) groups is 1. The van der Waals surface area contributed by atoms with Crippen LogP contribution >= 0.6 is 23.1 Å². The number of nitrogens with zero attached hydrogens (tertiary/aromatic N) is 3. The molecule has 0 aliphatic carbocycles.